The molecule has 0 amide bonds. The molecule has 0 bridgehead atoms. The molecule has 5 nitrogen and oxygen atoms in total. The first-order valence-electron chi connectivity index (χ1n) is 9.80. The Bertz CT molecular complexity index is 1030. The van der Waals surface area contributed by atoms with E-state index in [1.807, 2.05) is 19.9 Å². The molecule has 2 aliphatic rings. The average molecular weight is 389 g/mol. The van der Waals surface area contributed by atoms with Crippen LogP contribution >= 0.6 is 0 Å². The molecule has 1 unspecified atom stereocenters. The van der Waals surface area contributed by atoms with Crippen LogP contribution in [-0.2, 0) is 16.4 Å². The maximum atomic E-state index is 13.3. The second-order valence-corrected chi connectivity index (χ2v) is 10.9. The van der Waals surface area contributed by atoms with Crippen molar-refractivity contribution in [2.75, 3.05) is 6.54 Å². The molecule has 1 N–H and O–H groups in total. The number of carbonyl (C=O) groups excluding carboxylic acids is 1. The van der Waals surface area contributed by atoms with Gasteiger partial charge in [0.2, 0.25) is 10.0 Å². The first-order valence-corrected chi connectivity index (χ1v) is 11.2. The molecule has 0 spiro atoms. The van der Waals surface area contributed by atoms with Crippen LogP contribution < -0.4 is 0 Å². The normalized spacial score (nSPS) is 23.6. The minimum absolute atomic E-state index is 0.0260. The molecule has 1 atom stereocenters. The summed E-state index contributed by atoms with van der Waals surface area (Å²) in [4.78, 5) is 16.4. The Morgan fingerprint density at radius 3 is 2.63 bits per heavy atom. The minimum Gasteiger partial charge on any atom is -0.358 e. The van der Waals surface area contributed by atoms with Crippen LogP contribution in [0.1, 0.15) is 68.1 Å². The van der Waals surface area contributed by atoms with E-state index in [2.05, 4.69) is 18.8 Å². The van der Waals surface area contributed by atoms with E-state index in [1.165, 1.54) is 0 Å². The molecule has 1 aromatic carbocycles. The second kappa shape index (κ2) is 6.17. The van der Waals surface area contributed by atoms with Crippen molar-refractivity contribution in [3.05, 3.63) is 29.0 Å². The largest absolute Gasteiger partial charge is 0.358 e. The number of nitrogens with zero attached hydrogens (tertiary/aromatic N) is 1. The number of ketones is 1. The third-order valence-corrected chi connectivity index (χ3v) is 8.23. The first kappa shape index (κ1) is 18.7. The summed E-state index contributed by atoms with van der Waals surface area (Å²) in [6.45, 7) is 8.58. The predicted molar refractivity (Wildman–Crippen MR) is 107 cm³/mol. The zero-order chi connectivity index (χ0) is 19.6. The zero-order valence-corrected chi connectivity index (χ0v) is 17.4. The molecule has 2 heterocycles. The van der Waals surface area contributed by atoms with Crippen molar-refractivity contribution in [3.63, 3.8) is 0 Å². The summed E-state index contributed by atoms with van der Waals surface area (Å²) >= 11 is 0. The molecule has 1 aliphatic carbocycles. The van der Waals surface area contributed by atoms with Crippen LogP contribution in [-0.4, -0.2) is 36.1 Å². The molecule has 27 heavy (non-hydrogen) atoms. The van der Waals surface area contributed by atoms with Crippen molar-refractivity contribution in [2.45, 2.75) is 70.7 Å². The maximum absolute atomic E-state index is 13.3. The molecule has 1 aliphatic heterocycles. The van der Waals surface area contributed by atoms with Crippen LogP contribution in [0.25, 0.3) is 10.9 Å². The Morgan fingerprint density at radius 2 is 1.93 bits per heavy atom. The topological polar surface area (TPSA) is 70.2 Å². The number of carbonyl (C=O) groups is 1. The van der Waals surface area contributed by atoms with Crippen LogP contribution in [0.4, 0.5) is 0 Å². The fourth-order valence-corrected chi connectivity index (χ4v) is 6.67. The summed E-state index contributed by atoms with van der Waals surface area (Å²) in [5.41, 5.74) is 3.08. The average Bonchev–Trinajstić information content (AvgIpc) is 2.90. The smallest absolute Gasteiger partial charge is 0.243 e. The number of hydrogen-bond acceptors (Lipinski definition) is 3. The van der Waals surface area contributed by atoms with Crippen LogP contribution in [0.5, 0.6) is 0 Å². The van der Waals surface area contributed by atoms with E-state index in [4.69, 9.17) is 0 Å². The van der Waals surface area contributed by atoms with Gasteiger partial charge in [0, 0.05) is 41.2 Å². The fourth-order valence-electron chi connectivity index (χ4n) is 4.73. The lowest BCUT2D eigenvalue weighted by atomic mass is 9.76. The number of hydrogen-bond donors (Lipinski definition) is 1. The van der Waals surface area contributed by atoms with Crippen molar-refractivity contribution in [1.29, 1.82) is 0 Å². The Kier molecular flexibility index (Phi) is 4.27. The van der Waals surface area contributed by atoms with Gasteiger partial charge in [-0.25, -0.2) is 8.42 Å². The van der Waals surface area contributed by atoms with Gasteiger partial charge >= 0.3 is 0 Å². The number of sulfonamides is 1. The number of benzene rings is 1. The third-order valence-electron chi connectivity index (χ3n) is 6.07. The molecular weight excluding hydrogens is 360 g/mol. The lowest BCUT2D eigenvalue weighted by molar-refractivity contribution is 0.0913. The highest BCUT2D eigenvalue weighted by Crippen LogP contribution is 2.39. The quantitative estimate of drug-likeness (QED) is 0.838. The molecule has 2 aromatic rings. The lowest BCUT2D eigenvalue weighted by Crippen LogP contribution is -2.42. The van der Waals surface area contributed by atoms with Crippen molar-refractivity contribution < 1.29 is 13.2 Å². The summed E-state index contributed by atoms with van der Waals surface area (Å²) < 4.78 is 28.3. The minimum atomic E-state index is -3.54. The number of rotatable bonds is 2. The monoisotopic (exact) mass is 388 g/mol. The van der Waals surface area contributed by atoms with Gasteiger partial charge < -0.3 is 4.98 Å². The van der Waals surface area contributed by atoms with E-state index in [0.717, 1.165) is 47.8 Å². The van der Waals surface area contributed by atoms with Gasteiger partial charge in [0.05, 0.1) is 4.90 Å². The molecular formula is C21H28N2O3S. The maximum Gasteiger partial charge on any atom is 0.243 e. The van der Waals surface area contributed by atoms with Gasteiger partial charge in [-0.05, 0) is 56.2 Å². The number of Topliss-reactive ketones (excluding diaryl/α,β-unsaturated/α-hetero) is 1. The van der Waals surface area contributed by atoms with Gasteiger partial charge in [-0.3, -0.25) is 4.79 Å². The van der Waals surface area contributed by atoms with Crippen molar-refractivity contribution in [2.24, 2.45) is 5.41 Å². The molecule has 146 valence electrons. The van der Waals surface area contributed by atoms with E-state index < -0.39 is 10.0 Å². The molecule has 6 heteroatoms. The van der Waals surface area contributed by atoms with Crippen LogP contribution in [0.3, 0.4) is 0 Å². The van der Waals surface area contributed by atoms with Gasteiger partial charge in [0.15, 0.2) is 5.78 Å². The standard InChI is InChI=1S/C21H28N2O3S/c1-13-9-15-16(22-17-11-21(3,4)12-18(24)20(15)17)10-19(13)27(25,26)23-8-6-5-7-14(23)2/h9-10,14,22H,5-8,11-12H2,1-4H3. The summed E-state index contributed by atoms with van der Waals surface area (Å²) in [5.74, 6) is 0.146. The highest BCUT2D eigenvalue weighted by atomic mass is 32.2. The Balaban J connectivity index is 1.85. The number of aromatic nitrogens is 1. The number of aromatic amines is 1. The van der Waals surface area contributed by atoms with Crippen LogP contribution in [0, 0.1) is 12.3 Å². The number of nitrogens with one attached hydrogen (secondary N) is 1. The van der Waals surface area contributed by atoms with Crippen molar-refractivity contribution in [3.8, 4) is 0 Å². The first-order chi connectivity index (χ1) is 12.6. The third kappa shape index (κ3) is 3.03. The SMILES string of the molecule is Cc1cc2c3c([nH]c2cc1S(=O)(=O)N1CCCCC1C)CC(C)(C)CC3=O. The van der Waals surface area contributed by atoms with Crippen LogP contribution in [0.2, 0.25) is 0 Å². The molecule has 0 saturated carbocycles. The highest BCUT2D eigenvalue weighted by molar-refractivity contribution is 7.89. The lowest BCUT2D eigenvalue weighted by Gasteiger charge is -2.32. The molecule has 1 aromatic heterocycles. The number of H-pyrrole nitrogens is 1. The number of aryl methyl sites for hydroxylation is 1. The van der Waals surface area contributed by atoms with Gasteiger partial charge in [-0.15, -0.1) is 0 Å². The fraction of sp³-hybridized carbons (Fsp3) is 0.571. The Labute approximate surface area is 161 Å². The Hall–Kier alpha value is -1.66. The summed E-state index contributed by atoms with van der Waals surface area (Å²) in [6, 6.07) is 3.64. The highest BCUT2D eigenvalue weighted by Gasteiger charge is 2.35. The Morgan fingerprint density at radius 1 is 1.19 bits per heavy atom. The van der Waals surface area contributed by atoms with Crippen molar-refractivity contribution >= 4 is 26.7 Å². The summed E-state index contributed by atoms with van der Waals surface area (Å²) in [6.07, 6.45) is 4.21. The second-order valence-electron chi connectivity index (χ2n) is 9.04. The van der Waals surface area contributed by atoms with E-state index in [9.17, 15) is 13.2 Å². The zero-order valence-electron chi connectivity index (χ0n) is 16.6. The van der Waals surface area contributed by atoms with E-state index >= 15 is 0 Å². The van der Waals surface area contributed by atoms with E-state index in [1.54, 1.807) is 10.4 Å². The molecule has 1 fully saturated rings. The van der Waals surface area contributed by atoms with Crippen molar-refractivity contribution in [1.82, 2.24) is 9.29 Å². The van der Waals surface area contributed by atoms with Gasteiger partial charge in [0.25, 0.3) is 0 Å². The number of piperidine rings is 1. The summed E-state index contributed by atoms with van der Waals surface area (Å²) in [5, 5.41) is 0.855. The van der Waals surface area contributed by atoms with Gasteiger partial charge in [0.1, 0.15) is 0 Å². The van der Waals surface area contributed by atoms with Gasteiger partial charge in [-0.1, -0.05) is 20.3 Å². The molecule has 0 radical (unpaired) electrons. The number of fused-ring (bicyclic) bond motifs is 3. The van der Waals surface area contributed by atoms with Gasteiger partial charge in [-0.2, -0.15) is 4.31 Å². The summed E-state index contributed by atoms with van der Waals surface area (Å²) in [7, 11) is -3.54. The molecule has 4 rings (SSSR count). The van der Waals surface area contributed by atoms with Crippen LogP contribution in [0.15, 0.2) is 17.0 Å². The van der Waals surface area contributed by atoms with E-state index in [0.29, 0.717) is 23.4 Å². The van der Waals surface area contributed by atoms with E-state index in [-0.39, 0.29) is 17.2 Å². The predicted octanol–water partition coefficient (Wildman–Crippen LogP) is 4.19. The molecule has 1 saturated heterocycles.